The van der Waals surface area contributed by atoms with E-state index in [1.807, 2.05) is 24.3 Å². The fourth-order valence-corrected chi connectivity index (χ4v) is 2.97. The van der Waals surface area contributed by atoms with Crippen LogP contribution in [0.1, 0.15) is 11.4 Å². The van der Waals surface area contributed by atoms with Gasteiger partial charge >= 0.3 is 0 Å². The van der Waals surface area contributed by atoms with Crippen LogP contribution in [0.3, 0.4) is 0 Å². The van der Waals surface area contributed by atoms with Crippen LogP contribution in [0.2, 0.25) is 0 Å². The third kappa shape index (κ3) is 4.75. The summed E-state index contributed by atoms with van der Waals surface area (Å²) in [4.78, 5) is 21.9. The number of para-hydroxylation sites is 1. The molecule has 0 fully saturated rings. The average Bonchev–Trinajstić information content (AvgIpc) is 2.65. The Kier molecular flexibility index (Phi) is 5.93. The molecule has 0 saturated heterocycles. The number of H-pyrrole nitrogens is 1. The number of rotatable bonds is 8. The lowest BCUT2D eigenvalue weighted by atomic mass is 10.1. The molecule has 1 aromatic heterocycles. The van der Waals surface area contributed by atoms with E-state index < -0.39 is 0 Å². The van der Waals surface area contributed by atoms with Crippen molar-refractivity contribution in [3.8, 4) is 0 Å². The molecule has 25 heavy (non-hydrogen) atoms. The van der Waals surface area contributed by atoms with Gasteiger partial charge in [0.1, 0.15) is 5.82 Å². The van der Waals surface area contributed by atoms with Crippen LogP contribution in [0.5, 0.6) is 0 Å². The molecule has 0 aliphatic carbocycles. The van der Waals surface area contributed by atoms with Crippen molar-refractivity contribution >= 4 is 10.9 Å². The van der Waals surface area contributed by atoms with Gasteiger partial charge in [-0.2, -0.15) is 0 Å². The zero-order valence-electron chi connectivity index (χ0n) is 14.3. The van der Waals surface area contributed by atoms with Crippen molar-refractivity contribution in [3.05, 3.63) is 76.3 Å². The van der Waals surface area contributed by atoms with Crippen molar-refractivity contribution in [3.63, 3.8) is 0 Å². The highest BCUT2D eigenvalue weighted by molar-refractivity contribution is 5.77. The molecule has 0 amide bonds. The Bertz CT molecular complexity index is 860. The number of fused-ring (bicyclic) bond motifs is 1. The van der Waals surface area contributed by atoms with E-state index in [-0.39, 0.29) is 5.56 Å². The first-order valence-electron chi connectivity index (χ1n) is 8.70. The zero-order valence-corrected chi connectivity index (χ0v) is 14.3. The van der Waals surface area contributed by atoms with Crippen molar-refractivity contribution in [2.24, 2.45) is 5.73 Å². The summed E-state index contributed by atoms with van der Waals surface area (Å²) in [6.45, 7) is 3.23. The lowest BCUT2D eigenvalue weighted by molar-refractivity contribution is 0.286. The number of hydrogen-bond acceptors (Lipinski definition) is 4. The largest absolute Gasteiger partial charge is 0.329 e. The second-order valence-corrected chi connectivity index (χ2v) is 6.15. The number of aromatic amines is 1. The Labute approximate surface area is 147 Å². The van der Waals surface area contributed by atoms with Gasteiger partial charge in [0.2, 0.25) is 0 Å². The Morgan fingerprint density at radius 1 is 0.920 bits per heavy atom. The third-order valence-electron chi connectivity index (χ3n) is 4.33. The fraction of sp³-hybridized carbons (Fsp3) is 0.300. The molecule has 0 aliphatic rings. The van der Waals surface area contributed by atoms with Crippen LogP contribution in [0.15, 0.2) is 59.4 Å². The summed E-state index contributed by atoms with van der Waals surface area (Å²) < 4.78 is 0. The van der Waals surface area contributed by atoms with Crippen LogP contribution in [-0.4, -0.2) is 41.0 Å². The molecule has 130 valence electrons. The van der Waals surface area contributed by atoms with Crippen LogP contribution < -0.4 is 11.3 Å². The van der Waals surface area contributed by atoms with E-state index >= 15 is 0 Å². The van der Waals surface area contributed by atoms with Crippen LogP contribution in [0.4, 0.5) is 0 Å². The molecular weight excluding hydrogens is 312 g/mol. The topological polar surface area (TPSA) is 75.0 Å². The number of nitrogens with two attached hydrogens (primary N) is 1. The normalized spacial score (nSPS) is 11.3. The molecule has 0 spiro atoms. The van der Waals surface area contributed by atoms with Crippen LogP contribution in [0.25, 0.3) is 10.9 Å². The molecule has 1 heterocycles. The molecule has 0 aliphatic heterocycles. The van der Waals surface area contributed by atoms with Gasteiger partial charge in [0.25, 0.3) is 5.56 Å². The summed E-state index contributed by atoms with van der Waals surface area (Å²) in [5.74, 6) is 0.727. The summed E-state index contributed by atoms with van der Waals surface area (Å²) in [7, 11) is 0. The summed E-state index contributed by atoms with van der Waals surface area (Å²) >= 11 is 0. The quantitative estimate of drug-likeness (QED) is 0.659. The number of nitrogens with one attached hydrogen (secondary N) is 1. The SMILES string of the molecule is NCCN(CCc1ccccc1)CCc1nc2ccccc2c(=O)[nH]1. The highest BCUT2D eigenvalue weighted by Gasteiger charge is 2.08. The predicted octanol–water partition coefficient (Wildman–Crippen LogP) is 1.97. The summed E-state index contributed by atoms with van der Waals surface area (Å²) in [5, 5.41) is 0.633. The first-order valence-corrected chi connectivity index (χ1v) is 8.70. The maximum absolute atomic E-state index is 12.2. The lowest BCUT2D eigenvalue weighted by Crippen LogP contribution is -2.33. The average molecular weight is 336 g/mol. The van der Waals surface area contributed by atoms with Gasteiger partial charge in [0.05, 0.1) is 10.9 Å². The van der Waals surface area contributed by atoms with Crippen LogP contribution >= 0.6 is 0 Å². The van der Waals surface area contributed by atoms with Gasteiger partial charge in [-0.1, -0.05) is 42.5 Å². The van der Waals surface area contributed by atoms with Crippen molar-refractivity contribution in [2.75, 3.05) is 26.2 Å². The highest BCUT2D eigenvalue weighted by Crippen LogP contribution is 2.07. The van der Waals surface area contributed by atoms with Crippen molar-refractivity contribution in [1.82, 2.24) is 14.9 Å². The molecule has 0 bridgehead atoms. The van der Waals surface area contributed by atoms with Gasteiger partial charge in [-0.3, -0.25) is 4.79 Å². The minimum absolute atomic E-state index is 0.0738. The number of aromatic nitrogens is 2. The smallest absolute Gasteiger partial charge is 0.258 e. The number of nitrogens with zero attached hydrogens (tertiary/aromatic N) is 2. The Balaban J connectivity index is 1.64. The molecule has 3 aromatic rings. The number of hydrogen-bond donors (Lipinski definition) is 2. The van der Waals surface area contributed by atoms with E-state index in [0.29, 0.717) is 18.4 Å². The van der Waals surface area contributed by atoms with Crippen molar-refractivity contribution < 1.29 is 0 Å². The van der Waals surface area contributed by atoms with Gasteiger partial charge in [-0.05, 0) is 24.1 Å². The first kappa shape index (κ1) is 17.3. The monoisotopic (exact) mass is 336 g/mol. The summed E-state index contributed by atoms with van der Waals surface area (Å²) in [6, 6.07) is 17.9. The van der Waals surface area contributed by atoms with Crippen LogP contribution in [-0.2, 0) is 12.8 Å². The van der Waals surface area contributed by atoms with E-state index in [1.54, 1.807) is 6.07 Å². The molecule has 5 heteroatoms. The van der Waals surface area contributed by atoms with Crippen LogP contribution in [0, 0.1) is 0 Å². The molecule has 0 radical (unpaired) electrons. The zero-order chi connectivity index (χ0) is 17.5. The maximum Gasteiger partial charge on any atom is 0.258 e. The van der Waals surface area contributed by atoms with E-state index in [9.17, 15) is 4.79 Å². The van der Waals surface area contributed by atoms with Gasteiger partial charge in [-0.25, -0.2) is 4.98 Å². The van der Waals surface area contributed by atoms with Crippen molar-refractivity contribution in [2.45, 2.75) is 12.8 Å². The van der Waals surface area contributed by atoms with E-state index in [1.165, 1.54) is 5.56 Å². The summed E-state index contributed by atoms with van der Waals surface area (Å²) in [6.07, 6.45) is 1.69. The molecule has 2 aromatic carbocycles. The van der Waals surface area contributed by atoms with Crippen molar-refractivity contribution in [1.29, 1.82) is 0 Å². The molecule has 3 N–H and O–H groups in total. The highest BCUT2D eigenvalue weighted by atomic mass is 16.1. The second kappa shape index (κ2) is 8.55. The van der Waals surface area contributed by atoms with E-state index in [0.717, 1.165) is 37.4 Å². The Morgan fingerprint density at radius 2 is 1.64 bits per heavy atom. The molecule has 5 nitrogen and oxygen atoms in total. The van der Waals surface area contributed by atoms with Gasteiger partial charge in [0, 0.05) is 32.6 Å². The minimum Gasteiger partial charge on any atom is -0.329 e. The molecular formula is C20H24N4O. The minimum atomic E-state index is -0.0738. The Morgan fingerprint density at radius 3 is 2.44 bits per heavy atom. The van der Waals surface area contributed by atoms with E-state index in [4.69, 9.17) is 5.73 Å². The fourth-order valence-electron chi connectivity index (χ4n) is 2.97. The molecule has 0 atom stereocenters. The molecule has 0 unspecified atom stereocenters. The second-order valence-electron chi connectivity index (χ2n) is 6.15. The number of benzene rings is 2. The standard InChI is InChI=1S/C20H24N4O/c21-12-15-24(13-10-16-6-2-1-3-7-16)14-11-19-22-18-9-5-4-8-17(18)20(25)23-19/h1-9H,10-15,21H2,(H,22,23,25). The Hall–Kier alpha value is -2.50. The van der Waals surface area contributed by atoms with Gasteiger partial charge in [0.15, 0.2) is 0 Å². The maximum atomic E-state index is 12.2. The molecule has 3 rings (SSSR count). The lowest BCUT2D eigenvalue weighted by Gasteiger charge is -2.21. The third-order valence-corrected chi connectivity index (χ3v) is 4.33. The molecule has 0 saturated carbocycles. The summed E-state index contributed by atoms with van der Waals surface area (Å²) in [5.41, 5.74) is 7.74. The predicted molar refractivity (Wildman–Crippen MR) is 102 cm³/mol. The first-order chi connectivity index (χ1) is 12.3. The van der Waals surface area contributed by atoms with Gasteiger partial charge in [-0.15, -0.1) is 0 Å². The van der Waals surface area contributed by atoms with Gasteiger partial charge < -0.3 is 15.6 Å². The van der Waals surface area contributed by atoms with E-state index in [2.05, 4.69) is 39.1 Å².